The van der Waals surface area contributed by atoms with Crippen LogP contribution < -0.4 is 4.74 Å². The molecule has 23 heavy (non-hydrogen) atoms. The van der Waals surface area contributed by atoms with Gasteiger partial charge in [0.15, 0.2) is 5.65 Å². The first-order valence-electron chi connectivity index (χ1n) is 7.96. The van der Waals surface area contributed by atoms with Crippen molar-refractivity contribution in [3.8, 4) is 5.88 Å². The molecule has 0 amide bonds. The van der Waals surface area contributed by atoms with Gasteiger partial charge in [-0.25, -0.2) is 9.78 Å². The van der Waals surface area contributed by atoms with E-state index in [0.29, 0.717) is 17.3 Å². The van der Waals surface area contributed by atoms with E-state index < -0.39 is 5.97 Å². The van der Waals surface area contributed by atoms with E-state index in [2.05, 4.69) is 25.9 Å². The first-order valence-corrected chi connectivity index (χ1v) is 7.96. The molecule has 0 aliphatic heterocycles. The van der Waals surface area contributed by atoms with Gasteiger partial charge in [-0.3, -0.25) is 4.40 Å². The molecule has 1 aliphatic carbocycles. The highest BCUT2D eigenvalue weighted by Crippen LogP contribution is 2.36. The van der Waals surface area contributed by atoms with Gasteiger partial charge in [0.05, 0.1) is 11.7 Å². The molecule has 6 nitrogen and oxygen atoms in total. The first-order chi connectivity index (χ1) is 11.3. The summed E-state index contributed by atoms with van der Waals surface area (Å²) in [5, 5.41) is 0. The van der Waals surface area contributed by atoms with Crippen LogP contribution in [0, 0.1) is 0 Å². The number of hydrogen-bond donors (Lipinski definition) is 1. The molecule has 3 heterocycles. The number of ether oxygens (including phenoxy) is 1. The van der Waals surface area contributed by atoms with E-state index in [1.165, 1.54) is 19.3 Å². The fourth-order valence-corrected chi connectivity index (χ4v) is 3.41. The van der Waals surface area contributed by atoms with Crippen LogP contribution in [0.5, 0.6) is 5.88 Å². The Bertz CT molecular complexity index is 887. The largest absolute Gasteiger partial charge is 0.402 e. The van der Waals surface area contributed by atoms with Crippen LogP contribution in [0.25, 0.3) is 16.7 Å². The van der Waals surface area contributed by atoms with Crippen LogP contribution in [0.4, 0.5) is 0 Å². The topological polar surface area (TPSA) is 72.3 Å². The molecule has 0 aromatic carbocycles. The third kappa shape index (κ3) is 2.30. The van der Waals surface area contributed by atoms with Gasteiger partial charge in [-0.2, -0.15) is 4.98 Å². The Hall–Kier alpha value is -2.63. The molecule has 0 atom stereocenters. The number of aromatic amines is 1. The molecular formula is C17H18N4O2. The number of rotatable bonds is 3. The zero-order valence-corrected chi connectivity index (χ0v) is 12.8. The number of nitrogens with zero attached hydrogens (tertiary/aromatic N) is 3. The van der Waals surface area contributed by atoms with Gasteiger partial charge in [0, 0.05) is 18.2 Å². The van der Waals surface area contributed by atoms with Crippen molar-refractivity contribution in [3.05, 3.63) is 36.9 Å². The van der Waals surface area contributed by atoms with E-state index in [0.717, 1.165) is 35.9 Å². The van der Waals surface area contributed by atoms with Crippen molar-refractivity contribution in [2.75, 3.05) is 0 Å². The van der Waals surface area contributed by atoms with E-state index in [9.17, 15) is 4.79 Å². The zero-order valence-electron chi connectivity index (χ0n) is 12.8. The van der Waals surface area contributed by atoms with Gasteiger partial charge in [-0.1, -0.05) is 25.8 Å². The maximum atomic E-state index is 11.6. The van der Waals surface area contributed by atoms with Crippen LogP contribution in [0.3, 0.4) is 0 Å². The van der Waals surface area contributed by atoms with Gasteiger partial charge in [0.2, 0.25) is 0 Å². The summed E-state index contributed by atoms with van der Waals surface area (Å²) in [6.45, 7) is 3.45. The molecule has 1 aliphatic rings. The number of imidazole rings is 1. The van der Waals surface area contributed by atoms with Crippen molar-refractivity contribution in [2.45, 2.75) is 38.0 Å². The maximum absolute atomic E-state index is 11.6. The lowest BCUT2D eigenvalue weighted by molar-refractivity contribution is -0.129. The SMILES string of the molecule is C=CC(=O)Oc1nc(C2CCCCC2)n2c1cnc1[nH]ccc12. The molecule has 118 valence electrons. The van der Waals surface area contributed by atoms with Gasteiger partial charge in [-0.05, 0) is 18.9 Å². The van der Waals surface area contributed by atoms with Gasteiger partial charge < -0.3 is 9.72 Å². The molecule has 4 rings (SSSR count). The minimum Gasteiger partial charge on any atom is -0.402 e. The number of carbonyl (C=O) groups excluding carboxylic acids is 1. The van der Waals surface area contributed by atoms with E-state index in [1.54, 1.807) is 6.20 Å². The lowest BCUT2D eigenvalue weighted by atomic mass is 9.89. The lowest BCUT2D eigenvalue weighted by Crippen LogP contribution is -2.09. The smallest absolute Gasteiger partial charge is 0.336 e. The molecule has 0 bridgehead atoms. The number of fused-ring (bicyclic) bond motifs is 3. The van der Waals surface area contributed by atoms with Crippen molar-refractivity contribution >= 4 is 22.6 Å². The van der Waals surface area contributed by atoms with Crippen molar-refractivity contribution in [1.29, 1.82) is 0 Å². The average molecular weight is 310 g/mol. The number of esters is 1. The second-order valence-electron chi connectivity index (χ2n) is 5.93. The van der Waals surface area contributed by atoms with Crippen LogP contribution in [-0.4, -0.2) is 25.3 Å². The van der Waals surface area contributed by atoms with Gasteiger partial charge in [0.25, 0.3) is 5.88 Å². The number of nitrogens with one attached hydrogen (secondary N) is 1. The predicted molar refractivity (Wildman–Crippen MR) is 86.5 cm³/mol. The summed E-state index contributed by atoms with van der Waals surface area (Å²) in [5.74, 6) is 1.15. The fourth-order valence-electron chi connectivity index (χ4n) is 3.41. The van der Waals surface area contributed by atoms with E-state index in [1.807, 2.05) is 12.3 Å². The molecule has 0 saturated heterocycles. The predicted octanol–water partition coefficient (Wildman–Crippen LogP) is 3.35. The summed E-state index contributed by atoms with van der Waals surface area (Å²) < 4.78 is 7.40. The number of hydrogen-bond acceptors (Lipinski definition) is 4. The summed E-state index contributed by atoms with van der Waals surface area (Å²) in [6, 6.07) is 1.97. The third-order valence-corrected chi connectivity index (χ3v) is 4.50. The molecule has 1 N–H and O–H groups in total. The zero-order chi connectivity index (χ0) is 15.8. The Morgan fingerprint density at radius 3 is 2.96 bits per heavy atom. The molecule has 3 aromatic heterocycles. The summed E-state index contributed by atoms with van der Waals surface area (Å²) in [7, 11) is 0. The molecule has 0 spiro atoms. The Morgan fingerprint density at radius 1 is 1.35 bits per heavy atom. The Labute approximate surface area is 133 Å². The van der Waals surface area contributed by atoms with E-state index >= 15 is 0 Å². The van der Waals surface area contributed by atoms with Crippen molar-refractivity contribution in [2.24, 2.45) is 0 Å². The van der Waals surface area contributed by atoms with Crippen LogP contribution >= 0.6 is 0 Å². The van der Waals surface area contributed by atoms with E-state index in [4.69, 9.17) is 4.74 Å². The van der Waals surface area contributed by atoms with Gasteiger partial charge >= 0.3 is 5.97 Å². The van der Waals surface area contributed by atoms with Crippen LogP contribution in [0.2, 0.25) is 0 Å². The second-order valence-corrected chi connectivity index (χ2v) is 5.93. The highest BCUT2D eigenvalue weighted by molar-refractivity contribution is 5.85. The van der Waals surface area contributed by atoms with Crippen LogP contribution in [0.15, 0.2) is 31.1 Å². The molecule has 1 fully saturated rings. The van der Waals surface area contributed by atoms with Crippen molar-refractivity contribution < 1.29 is 9.53 Å². The Balaban J connectivity index is 1.93. The summed E-state index contributed by atoms with van der Waals surface area (Å²) in [4.78, 5) is 23.8. The number of carbonyl (C=O) groups is 1. The first kappa shape index (κ1) is 14.0. The summed E-state index contributed by atoms with van der Waals surface area (Å²) in [6.07, 6.45) is 10.6. The highest BCUT2D eigenvalue weighted by Gasteiger charge is 2.25. The maximum Gasteiger partial charge on any atom is 0.336 e. The minimum absolute atomic E-state index is 0.311. The van der Waals surface area contributed by atoms with Crippen molar-refractivity contribution in [3.63, 3.8) is 0 Å². The van der Waals surface area contributed by atoms with Crippen molar-refractivity contribution in [1.82, 2.24) is 19.4 Å². The standard InChI is InChI=1S/C17H18N4O2/c1-2-14(22)23-17-13-10-19-15-12(8-9-18-15)21(13)16(20-17)11-6-4-3-5-7-11/h2,8-11,18H,1,3-7H2. The summed E-state index contributed by atoms with van der Waals surface area (Å²) >= 11 is 0. The number of H-pyrrole nitrogens is 1. The Morgan fingerprint density at radius 2 is 2.17 bits per heavy atom. The number of aromatic nitrogens is 4. The molecular weight excluding hydrogens is 292 g/mol. The monoisotopic (exact) mass is 310 g/mol. The summed E-state index contributed by atoms with van der Waals surface area (Å²) in [5.41, 5.74) is 2.47. The average Bonchev–Trinajstić information content (AvgIpc) is 3.19. The second kappa shape index (κ2) is 5.53. The molecule has 3 aromatic rings. The molecule has 0 unspecified atom stereocenters. The van der Waals surface area contributed by atoms with Crippen LogP contribution in [0.1, 0.15) is 43.8 Å². The molecule has 0 radical (unpaired) electrons. The van der Waals surface area contributed by atoms with Gasteiger partial charge in [0.1, 0.15) is 11.3 Å². The molecule has 1 saturated carbocycles. The van der Waals surface area contributed by atoms with E-state index in [-0.39, 0.29) is 0 Å². The quantitative estimate of drug-likeness (QED) is 0.595. The highest BCUT2D eigenvalue weighted by atomic mass is 16.5. The van der Waals surface area contributed by atoms with Gasteiger partial charge in [-0.15, -0.1) is 0 Å². The van der Waals surface area contributed by atoms with Crippen LogP contribution in [-0.2, 0) is 4.79 Å². The fraction of sp³-hybridized carbons (Fsp3) is 0.353. The Kier molecular flexibility index (Phi) is 3.37. The minimum atomic E-state index is -0.505. The third-order valence-electron chi connectivity index (χ3n) is 4.50. The molecule has 6 heteroatoms. The lowest BCUT2D eigenvalue weighted by Gasteiger charge is -2.20. The normalized spacial score (nSPS) is 16.0.